The molecule has 0 unspecified atom stereocenters. The summed E-state index contributed by atoms with van der Waals surface area (Å²) in [5, 5.41) is 11.9. The highest BCUT2D eigenvalue weighted by atomic mass is 35.5. The third-order valence-corrected chi connectivity index (χ3v) is 2.98. The van der Waals surface area contributed by atoms with Gasteiger partial charge >= 0.3 is 5.97 Å². The molecule has 1 heterocycles. The van der Waals surface area contributed by atoms with E-state index in [-0.39, 0.29) is 30.0 Å². The van der Waals surface area contributed by atoms with Crippen LogP contribution in [-0.2, 0) is 9.59 Å². The highest BCUT2D eigenvalue weighted by Crippen LogP contribution is 2.22. The Labute approximate surface area is 126 Å². The first-order chi connectivity index (χ1) is 9.29. The molecule has 1 aromatic rings. The molecule has 1 aromatic heterocycles. The molecule has 0 aliphatic heterocycles. The van der Waals surface area contributed by atoms with Gasteiger partial charge in [0.15, 0.2) is 5.82 Å². The molecule has 8 heteroatoms. The van der Waals surface area contributed by atoms with Crippen LogP contribution in [0.3, 0.4) is 0 Å². The molecular weight excluding hydrogens is 305 g/mol. The fraction of sp³-hybridized carbons (Fsp3) is 0.417. The second-order valence-corrected chi connectivity index (χ2v) is 5.27. The fourth-order valence-corrected chi connectivity index (χ4v) is 1.88. The van der Waals surface area contributed by atoms with Crippen molar-refractivity contribution in [1.82, 2.24) is 9.88 Å². The van der Waals surface area contributed by atoms with Gasteiger partial charge in [0, 0.05) is 12.2 Å². The van der Waals surface area contributed by atoms with Gasteiger partial charge in [0.2, 0.25) is 5.91 Å². The van der Waals surface area contributed by atoms with Gasteiger partial charge in [0.1, 0.15) is 0 Å². The highest BCUT2D eigenvalue weighted by molar-refractivity contribution is 6.36. The number of nitrogens with one attached hydrogen (secondary N) is 1. The number of anilines is 1. The molecule has 0 aliphatic rings. The summed E-state index contributed by atoms with van der Waals surface area (Å²) in [6.07, 6.45) is 1.36. The van der Waals surface area contributed by atoms with Crippen molar-refractivity contribution in [2.24, 2.45) is 0 Å². The summed E-state index contributed by atoms with van der Waals surface area (Å²) in [4.78, 5) is 28.0. The van der Waals surface area contributed by atoms with E-state index in [1.807, 2.05) is 13.8 Å². The Kier molecular flexibility index (Phi) is 6.19. The van der Waals surface area contributed by atoms with Crippen molar-refractivity contribution in [3.05, 3.63) is 22.3 Å². The van der Waals surface area contributed by atoms with Crippen molar-refractivity contribution in [2.45, 2.75) is 19.9 Å². The summed E-state index contributed by atoms with van der Waals surface area (Å²) in [7, 11) is 0. The van der Waals surface area contributed by atoms with Crippen molar-refractivity contribution in [2.75, 3.05) is 18.4 Å². The molecule has 0 atom stereocenters. The molecule has 2 N–H and O–H groups in total. The Morgan fingerprint density at radius 2 is 2.05 bits per heavy atom. The molecule has 6 nitrogen and oxygen atoms in total. The van der Waals surface area contributed by atoms with Crippen LogP contribution in [0, 0.1) is 0 Å². The molecule has 0 bridgehead atoms. The van der Waals surface area contributed by atoms with Crippen LogP contribution < -0.4 is 5.32 Å². The Balaban J connectivity index is 2.68. The Morgan fingerprint density at radius 1 is 1.40 bits per heavy atom. The highest BCUT2D eigenvalue weighted by Gasteiger charge is 2.18. The first kappa shape index (κ1) is 16.7. The summed E-state index contributed by atoms with van der Waals surface area (Å²) in [6, 6.07) is 1.38. The normalized spacial score (nSPS) is 10.9. The van der Waals surface area contributed by atoms with Gasteiger partial charge in [0.05, 0.1) is 23.1 Å². The van der Waals surface area contributed by atoms with Crippen molar-refractivity contribution < 1.29 is 14.7 Å². The van der Waals surface area contributed by atoms with E-state index in [4.69, 9.17) is 28.3 Å². The number of amides is 1. The molecule has 110 valence electrons. The Hall–Kier alpha value is -1.37. The van der Waals surface area contributed by atoms with E-state index in [2.05, 4.69) is 10.3 Å². The topological polar surface area (TPSA) is 82.5 Å². The van der Waals surface area contributed by atoms with Crippen LogP contribution in [0.15, 0.2) is 12.3 Å². The maximum Gasteiger partial charge on any atom is 0.317 e. The lowest BCUT2D eigenvalue weighted by Crippen LogP contribution is -2.41. The van der Waals surface area contributed by atoms with Gasteiger partial charge in [-0.25, -0.2) is 4.98 Å². The van der Waals surface area contributed by atoms with Crippen LogP contribution in [0.5, 0.6) is 0 Å². The molecule has 0 aliphatic carbocycles. The second kappa shape index (κ2) is 7.42. The molecule has 1 amide bonds. The van der Waals surface area contributed by atoms with E-state index in [1.54, 1.807) is 0 Å². The lowest BCUT2D eigenvalue weighted by Gasteiger charge is -2.23. The monoisotopic (exact) mass is 319 g/mol. The zero-order valence-electron chi connectivity index (χ0n) is 11.1. The molecule has 0 aromatic carbocycles. The van der Waals surface area contributed by atoms with Gasteiger partial charge in [-0.05, 0) is 19.9 Å². The van der Waals surface area contributed by atoms with E-state index in [0.717, 1.165) is 0 Å². The zero-order valence-corrected chi connectivity index (χ0v) is 12.6. The maximum absolute atomic E-state index is 11.9. The van der Waals surface area contributed by atoms with Crippen molar-refractivity contribution in [3.63, 3.8) is 0 Å². The number of nitrogens with zero attached hydrogens (tertiary/aromatic N) is 2. The average Bonchev–Trinajstić information content (AvgIpc) is 2.31. The largest absolute Gasteiger partial charge is 0.480 e. The van der Waals surface area contributed by atoms with Gasteiger partial charge in [-0.15, -0.1) is 0 Å². The lowest BCUT2D eigenvalue weighted by molar-refractivity contribution is -0.139. The number of rotatable bonds is 6. The molecule has 0 saturated heterocycles. The smallest absolute Gasteiger partial charge is 0.317 e. The first-order valence-electron chi connectivity index (χ1n) is 5.86. The number of halogens is 2. The van der Waals surface area contributed by atoms with Crippen molar-refractivity contribution in [1.29, 1.82) is 0 Å². The quantitative estimate of drug-likeness (QED) is 0.839. The summed E-state index contributed by atoms with van der Waals surface area (Å²) in [5.74, 6) is -1.19. The Bertz CT molecular complexity index is 509. The lowest BCUT2D eigenvalue weighted by atomic mass is 10.3. The number of carboxylic acids is 1. The van der Waals surface area contributed by atoms with E-state index in [9.17, 15) is 9.59 Å². The maximum atomic E-state index is 11.9. The third-order valence-electron chi connectivity index (χ3n) is 2.48. The van der Waals surface area contributed by atoms with Crippen LogP contribution >= 0.6 is 23.2 Å². The summed E-state index contributed by atoms with van der Waals surface area (Å²) in [5.41, 5.74) is 0. The van der Waals surface area contributed by atoms with E-state index >= 15 is 0 Å². The molecule has 0 fully saturated rings. The number of pyridine rings is 1. The summed E-state index contributed by atoms with van der Waals surface area (Å²) < 4.78 is 0. The number of carbonyl (C=O) groups is 2. The van der Waals surface area contributed by atoms with Crippen LogP contribution in [-0.4, -0.2) is 46.0 Å². The van der Waals surface area contributed by atoms with Gasteiger partial charge < -0.3 is 10.4 Å². The number of hydrogen-bond donors (Lipinski definition) is 2. The van der Waals surface area contributed by atoms with Gasteiger partial charge in [-0.1, -0.05) is 23.2 Å². The van der Waals surface area contributed by atoms with Crippen LogP contribution in [0.1, 0.15) is 13.8 Å². The van der Waals surface area contributed by atoms with E-state index in [1.165, 1.54) is 17.2 Å². The van der Waals surface area contributed by atoms with Crippen LogP contribution in [0.2, 0.25) is 10.0 Å². The molecule has 20 heavy (non-hydrogen) atoms. The number of hydrogen-bond acceptors (Lipinski definition) is 4. The van der Waals surface area contributed by atoms with Crippen LogP contribution in [0.25, 0.3) is 0 Å². The third kappa shape index (κ3) is 5.32. The zero-order chi connectivity index (χ0) is 15.3. The number of aromatic nitrogens is 1. The van der Waals surface area contributed by atoms with Crippen molar-refractivity contribution >= 4 is 40.9 Å². The predicted molar refractivity (Wildman–Crippen MR) is 77.2 cm³/mol. The predicted octanol–water partition coefficient (Wildman–Crippen LogP) is 2.12. The minimum Gasteiger partial charge on any atom is -0.480 e. The minimum absolute atomic E-state index is 0.0649. The molecule has 1 rings (SSSR count). The van der Waals surface area contributed by atoms with Gasteiger partial charge in [0.25, 0.3) is 0 Å². The standard InChI is InChI=1S/C12H15Cl2N3O3/c1-7(2)17(6-11(19)20)5-10(18)16-12-9(14)3-8(13)4-15-12/h3-4,7H,5-6H2,1-2H3,(H,19,20)(H,15,16,18). The number of carboxylic acid groups (broad SMARTS) is 1. The molecular formula is C12H15Cl2N3O3. The van der Waals surface area contributed by atoms with Gasteiger partial charge in [-0.2, -0.15) is 0 Å². The number of aliphatic carboxylic acids is 1. The average molecular weight is 320 g/mol. The molecule has 0 radical (unpaired) electrons. The van der Waals surface area contributed by atoms with E-state index in [0.29, 0.717) is 5.02 Å². The first-order valence-corrected chi connectivity index (χ1v) is 6.62. The Morgan fingerprint density at radius 3 is 2.55 bits per heavy atom. The second-order valence-electron chi connectivity index (χ2n) is 4.42. The fourth-order valence-electron chi connectivity index (χ4n) is 1.46. The summed E-state index contributed by atoms with van der Waals surface area (Å²) >= 11 is 11.6. The van der Waals surface area contributed by atoms with Crippen LogP contribution in [0.4, 0.5) is 5.82 Å². The van der Waals surface area contributed by atoms with E-state index < -0.39 is 11.9 Å². The minimum atomic E-state index is -0.992. The molecule has 0 saturated carbocycles. The SMILES string of the molecule is CC(C)N(CC(=O)O)CC(=O)Nc1ncc(Cl)cc1Cl. The van der Waals surface area contributed by atoms with Crippen molar-refractivity contribution in [3.8, 4) is 0 Å². The number of carbonyl (C=O) groups excluding carboxylic acids is 1. The molecule has 0 spiro atoms. The summed E-state index contributed by atoms with van der Waals surface area (Å²) in [6.45, 7) is 3.34. The van der Waals surface area contributed by atoms with Gasteiger partial charge in [-0.3, -0.25) is 14.5 Å².